The molecule has 4 nitrogen and oxygen atoms in total. The Kier molecular flexibility index (Phi) is 4.95. The van der Waals surface area contributed by atoms with Crippen molar-refractivity contribution >= 4 is 23.2 Å². The van der Waals surface area contributed by atoms with Gasteiger partial charge in [-0.2, -0.15) is 0 Å². The highest BCUT2D eigenvalue weighted by Crippen LogP contribution is 2.29. The van der Waals surface area contributed by atoms with E-state index in [9.17, 15) is 4.79 Å². The zero-order chi connectivity index (χ0) is 17.1. The van der Waals surface area contributed by atoms with Gasteiger partial charge in [0.2, 0.25) is 5.91 Å². The zero-order valence-electron chi connectivity index (χ0n) is 13.9. The molecule has 1 amide bonds. The van der Waals surface area contributed by atoms with Crippen LogP contribution in [0.1, 0.15) is 11.1 Å². The molecule has 1 aliphatic rings. The molecule has 0 radical (unpaired) electrons. The van der Waals surface area contributed by atoms with E-state index in [1.807, 2.05) is 55.4 Å². The first-order valence-corrected chi connectivity index (χ1v) is 8.36. The largest absolute Gasteiger partial charge is 0.492 e. The number of nitrogens with zero attached hydrogens (tertiary/aromatic N) is 1. The lowest BCUT2D eigenvalue weighted by atomic mass is 9.96. The van der Waals surface area contributed by atoms with Crippen molar-refractivity contribution in [2.24, 2.45) is 5.92 Å². The number of fused-ring (bicyclic) bond motifs is 1. The number of anilines is 1. The van der Waals surface area contributed by atoms with Crippen molar-refractivity contribution in [3.63, 3.8) is 0 Å². The van der Waals surface area contributed by atoms with Gasteiger partial charge in [-0.25, -0.2) is 0 Å². The number of hydrogen-bond donors (Lipinski definition) is 1. The minimum Gasteiger partial charge on any atom is -0.492 e. The number of halogens is 1. The molecule has 3 rings (SSSR count). The molecule has 0 aromatic heterocycles. The van der Waals surface area contributed by atoms with Gasteiger partial charge < -0.3 is 15.0 Å². The van der Waals surface area contributed by atoms with Crippen molar-refractivity contribution in [3.05, 3.63) is 58.6 Å². The highest BCUT2D eigenvalue weighted by Gasteiger charge is 2.25. The summed E-state index contributed by atoms with van der Waals surface area (Å²) in [6, 6.07) is 13.7. The third kappa shape index (κ3) is 3.82. The van der Waals surface area contributed by atoms with Gasteiger partial charge in [0.1, 0.15) is 12.4 Å². The first-order chi connectivity index (χ1) is 11.5. The van der Waals surface area contributed by atoms with Crippen LogP contribution in [0.2, 0.25) is 5.02 Å². The molecule has 2 aromatic carbocycles. The Morgan fingerprint density at radius 1 is 1.25 bits per heavy atom. The van der Waals surface area contributed by atoms with Gasteiger partial charge in [0.15, 0.2) is 0 Å². The van der Waals surface area contributed by atoms with Crippen LogP contribution >= 0.6 is 11.6 Å². The molecule has 0 bridgehead atoms. The maximum atomic E-state index is 12.4. The number of benzene rings is 2. The lowest BCUT2D eigenvalue weighted by molar-refractivity contribution is -0.126. The SMILES string of the molecule is CN(C)c1ccc(CNC(=O)[C@H]2COc3ccc(Cl)cc3C2)cc1. The van der Waals surface area contributed by atoms with Crippen LogP contribution in [-0.4, -0.2) is 26.6 Å². The molecule has 24 heavy (non-hydrogen) atoms. The van der Waals surface area contributed by atoms with Crippen LogP contribution in [0, 0.1) is 5.92 Å². The highest BCUT2D eigenvalue weighted by molar-refractivity contribution is 6.30. The Labute approximate surface area is 147 Å². The summed E-state index contributed by atoms with van der Waals surface area (Å²) in [6.45, 7) is 0.922. The molecule has 0 unspecified atom stereocenters. The summed E-state index contributed by atoms with van der Waals surface area (Å²) in [5.41, 5.74) is 3.21. The molecular formula is C19H21ClN2O2. The Morgan fingerprint density at radius 2 is 2.00 bits per heavy atom. The summed E-state index contributed by atoms with van der Waals surface area (Å²) < 4.78 is 5.68. The zero-order valence-corrected chi connectivity index (χ0v) is 14.6. The third-order valence-electron chi connectivity index (χ3n) is 4.22. The first kappa shape index (κ1) is 16.7. The van der Waals surface area contributed by atoms with Crippen molar-refractivity contribution in [3.8, 4) is 5.75 Å². The Hall–Kier alpha value is -2.20. The number of carbonyl (C=O) groups excluding carboxylic acids is 1. The lowest BCUT2D eigenvalue weighted by Gasteiger charge is -2.24. The molecule has 1 heterocycles. The summed E-state index contributed by atoms with van der Waals surface area (Å²) >= 11 is 6.02. The monoisotopic (exact) mass is 344 g/mol. The van der Waals surface area contributed by atoms with E-state index in [-0.39, 0.29) is 11.8 Å². The quantitative estimate of drug-likeness (QED) is 0.925. The molecule has 1 aliphatic heterocycles. The van der Waals surface area contributed by atoms with Gasteiger partial charge in [-0.15, -0.1) is 0 Å². The fourth-order valence-corrected chi connectivity index (χ4v) is 2.97. The molecule has 0 saturated carbocycles. The molecule has 1 atom stereocenters. The second-order valence-corrected chi connectivity index (χ2v) is 6.68. The van der Waals surface area contributed by atoms with Crippen molar-refractivity contribution in [2.75, 3.05) is 25.6 Å². The van der Waals surface area contributed by atoms with Crippen molar-refractivity contribution in [2.45, 2.75) is 13.0 Å². The minimum atomic E-state index is -0.183. The maximum absolute atomic E-state index is 12.4. The predicted molar refractivity (Wildman–Crippen MR) is 96.8 cm³/mol. The van der Waals surface area contributed by atoms with E-state index in [2.05, 4.69) is 5.32 Å². The highest BCUT2D eigenvalue weighted by atomic mass is 35.5. The number of nitrogens with one attached hydrogen (secondary N) is 1. The normalized spacial score (nSPS) is 16.0. The average molecular weight is 345 g/mol. The molecular weight excluding hydrogens is 324 g/mol. The van der Waals surface area contributed by atoms with Gasteiger partial charge in [0, 0.05) is 31.4 Å². The van der Waals surface area contributed by atoms with E-state index < -0.39 is 0 Å². The van der Waals surface area contributed by atoms with Crippen LogP contribution in [0.5, 0.6) is 5.75 Å². The lowest BCUT2D eigenvalue weighted by Crippen LogP contribution is -2.37. The van der Waals surface area contributed by atoms with E-state index in [0.29, 0.717) is 24.6 Å². The first-order valence-electron chi connectivity index (χ1n) is 7.98. The number of amides is 1. The molecule has 126 valence electrons. The Bertz CT molecular complexity index is 729. The van der Waals surface area contributed by atoms with Gasteiger partial charge in [0.05, 0.1) is 5.92 Å². The summed E-state index contributed by atoms with van der Waals surface area (Å²) in [6.07, 6.45) is 0.654. The molecule has 0 fully saturated rings. The van der Waals surface area contributed by atoms with E-state index >= 15 is 0 Å². The standard InChI is InChI=1S/C19H21ClN2O2/c1-22(2)17-6-3-13(4-7-17)11-21-19(23)15-9-14-10-16(20)5-8-18(14)24-12-15/h3-8,10,15H,9,11-12H2,1-2H3,(H,21,23)/t15-/m1/s1. The van der Waals surface area contributed by atoms with Gasteiger partial charge in [-0.3, -0.25) is 4.79 Å². The minimum absolute atomic E-state index is 0.0114. The number of ether oxygens (including phenoxy) is 1. The van der Waals surface area contributed by atoms with Crippen molar-refractivity contribution < 1.29 is 9.53 Å². The van der Waals surface area contributed by atoms with Crippen LogP contribution in [0.3, 0.4) is 0 Å². The molecule has 1 N–H and O–H groups in total. The van der Waals surface area contributed by atoms with E-state index in [4.69, 9.17) is 16.3 Å². The van der Waals surface area contributed by atoms with Crippen LogP contribution in [0.25, 0.3) is 0 Å². The summed E-state index contributed by atoms with van der Waals surface area (Å²) in [5, 5.41) is 3.66. The van der Waals surface area contributed by atoms with Crippen LogP contribution in [0.15, 0.2) is 42.5 Å². The van der Waals surface area contributed by atoms with Gasteiger partial charge >= 0.3 is 0 Å². The molecule has 0 aliphatic carbocycles. The molecule has 2 aromatic rings. The second-order valence-electron chi connectivity index (χ2n) is 6.24. The van der Waals surface area contributed by atoms with Crippen LogP contribution in [0.4, 0.5) is 5.69 Å². The van der Waals surface area contributed by atoms with E-state index in [1.54, 1.807) is 6.07 Å². The molecule has 0 spiro atoms. The summed E-state index contributed by atoms with van der Waals surface area (Å²) in [4.78, 5) is 14.5. The van der Waals surface area contributed by atoms with Crippen LogP contribution < -0.4 is 15.0 Å². The summed E-state index contributed by atoms with van der Waals surface area (Å²) in [5.74, 6) is 0.650. The van der Waals surface area contributed by atoms with E-state index in [1.165, 1.54) is 0 Å². The third-order valence-corrected chi connectivity index (χ3v) is 4.45. The maximum Gasteiger partial charge on any atom is 0.227 e. The fraction of sp³-hybridized carbons (Fsp3) is 0.316. The average Bonchev–Trinajstić information content (AvgIpc) is 2.59. The predicted octanol–water partition coefficient (Wildman–Crippen LogP) is 3.27. The van der Waals surface area contributed by atoms with Crippen LogP contribution in [-0.2, 0) is 17.8 Å². The van der Waals surface area contributed by atoms with E-state index in [0.717, 1.165) is 22.6 Å². The number of hydrogen-bond acceptors (Lipinski definition) is 3. The number of rotatable bonds is 4. The van der Waals surface area contributed by atoms with Crippen molar-refractivity contribution in [1.29, 1.82) is 0 Å². The fourth-order valence-electron chi connectivity index (χ4n) is 2.78. The molecule has 0 saturated heterocycles. The molecule has 5 heteroatoms. The summed E-state index contributed by atoms with van der Waals surface area (Å²) in [7, 11) is 4.01. The Balaban J connectivity index is 1.57. The van der Waals surface area contributed by atoms with Gasteiger partial charge in [0.25, 0.3) is 0 Å². The second kappa shape index (κ2) is 7.14. The topological polar surface area (TPSA) is 41.6 Å². The van der Waals surface area contributed by atoms with Crippen molar-refractivity contribution in [1.82, 2.24) is 5.32 Å². The smallest absolute Gasteiger partial charge is 0.227 e. The van der Waals surface area contributed by atoms with Gasteiger partial charge in [-0.1, -0.05) is 23.7 Å². The van der Waals surface area contributed by atoms with Gasteiger partial charge in [-0.05, 0) is 47.9 Å². The Morgan fingerprint density at radius 3 is 2.71 bits per heavy atom. The number of carbonyl (C=O) groups is 1.